The van der Waals surface area contributed by atoms with Gasteiger partial charge in [0.15, 0.2) is 0 Å². The molecule has 0 atom stereocenters. The molecule has 0 spiro atoms. The highest BCUT2D eigenvalue weighted by Gasteiger charge is 2.32. The number of rotatable bonds is 5. The molecule has 2 aromatic carbocycles. The number of furan rings is 1. The summed E-state index contributed by atoms with van der Waals surface area (Å²) in [6.45, 7) is 6.34. The van der Waals surface area contributed by atoms with Crippen molar-refractivity contribution in [1.82, 2.24) is 9.21 Å². The van der Waals surface area contributed by atoms with Gasteiger partial charge in [-0.15, -0.1) is 0 Å². The molecular weight excluding hydrogens is 446 g/mol. The molecule has 1 saturated heterocycles. The lowest BCUT2D eigenvalue weighted by molar-refractivity contribution is -0.385. The highest BCUT2D eigenvalue weighted by atomic mass is 32.2. The first-order valence-corrected chi connectivity index (χ1v) is 12.0. The number of carbonyl (C=O) groups excluding carboxylic acids is 1. The number of hydrogen-bond donors (Lipinski definition) is 0. The molecule has 1 amide bonds. The van der Waals surface area contributed by atoms with Crippen LogP contribution in [0.3, 0.4) is 0 Å². The molecule has 0 bridgehead atoms. The Hall–Kier alpha value is -3.24. The van der Waals surface area contributed by atoms with Crippen molar-refractivity contribution >= 4 is 32.6 Å². The van der Waals surface area contributed by atoms with E-state index in [-0.39, 0.29) is 49.1 Å². The van der Waals surface area contributed by atoms with E-state index in [9.17, 15) is 23.3 Å². The molecule has 1 aliphatic heterocycles. The molecule has 3 aromatic rings. The standard InChI is InChI=1S/C23H25N3O6S/c1-15-5-7-20-18(14-32-23(20)17(15)3)12-22(27)24-8-10-25(11-9-24)33(30,31)21-13-19(26(28)29)6-4-16(21)2/h4-7,13-14H,8-12H2,1-3H3. The Balaban J connectivity index is 1.46. The summed E-state index contributed by atoms with van der Waals surface area (Å²) >= 11 is 0. The number of non-ortho nitro benzene ring substituents is 1. The van der Waals surface area contributed by atoms with Gasteiger partial charge in [-0.1, -0.05) is 18.2 Å². The van der Waals surface area contributed by atoms with Gasteiger partial charge >= 0.3 is 0 Å². The lowest BCUT2D eigenvalue weighted by Crippen LogP contribution is -2.50. The predicted molar refractivity (Wildman–Crippen MR) is 123 cm³/mol. The number of amides is 1. The van der Waals surface area contributed by atoms with Gasteiger partial charge in [0.1, 0.15) is 5.58 Å². The molecule has 0 radical (unpaired) electrons. The Kier molecular flexibility index (Phi) is 5.98. The number of carbonyl (C=O) groups is 1. The third kappa shape index (κ3) is 4.23. The zero-order valence-corrected chi connectivity index (χ0v) is 19.5. The molecule has 33 heavy (non-hydrogen) atoms. The first-order valence-electron chi connectivity index (χ1n) is 10.6. The largest absolute Gasteiger partial charge is 0.464 e. The molecule has 0 saturated carbocycles. The van der Waals surface area contributed by atoms with E-state index in [1.54, 1.807) is 18.1 Å². The van der Waals surface area contributed by atoms with E-state index < -0.39 is 14.9 Å². The summed E-state index contributed by atoms with van der Waals surface area (Å²) in [5.41, 5.74) is 3.91. The summed E-state index contributed by atoms with van der Waals surface area (Å²) in [4.78, 5) is 24.9. The molecule has 2 heterocycles. The van der Waals surface area contributed by atoms with E-state index in [1.807, 2.05) is 26.0 Å². The summed E-state index contributed by atoms with van der Waals surface area (Å²) in [7, 11) is -3.91. The van der Waals surface area contributed by atoms with Crippen LogP contribution >= 0.6 is 0 Å². The summed E-state index contributed by atoms with van der Waals surface area (Å²) < 4.78 is 33.2. The summed E-state index contributed by atoms with van der Waals surface area (Å²) in [6.07, 6.45) is 1.78. The average Bonchev–Trinajstić information content (AvgIpc) is 3.19. The topological polar surface area (TPSA) is 114 Å². The molecular formula is C23H25N3O6S. The third-order valence-electron chi connectivity index (χ3n) is 6.28. The number of piperazine rings is 1. The van der Waals surface area contributed by atoms with Gasteiger partial charge < -0.3 is 9.32 Å². The van der Waals surface area contributed by atoms with E-state index in [0.717, 1.165) is 33.7 Å². The zero-order valence-electron chi connectivity index (χ0n) is 18.7. The minimum atomic E-state index is -3.91. The van der Waals surface area contributed by atoms with Crippen LogP contribution in [0.5, 0.6) is 0 Å². The fourth-order valence-corrected chi connectivity index (χ4v) is 5.76. The van der Waals surface area contributed by atoms with Crippen molar-refractivity contribution in [1.29, 1.82) is 0 Å². The van der Waals surface area contributed by atoms with E-state index in [2.05, 4.69) is 0 Å². The Morgan fingerprint density at radius 3 is 2.39 bits per heavy atom. The van der Waals surface area contributed by atoms with Crippen LogP contribution in [0.15, 0.2) is 45.9 Å². The van der Waals surface area contributed by atoms with Gasteiger partial charge in [0.2, 0.25) is 15.9 Å². The SMILES string of the molecule is Cc1ccc([N+](=O)[O-])cc1S(=O)(=O)N1CCN(C(=O)Cc2coc3c(C)c(C)ccc23)CC1. The van der Waals surface area contributed by atoms with Crippen molar-refractivity contribution in [2.24, 2.45) is 0 Å². The number of nitrogens with zero attached hydrogens (tertiary/aromatic N) is 3. The second-order valence-corrected chi connectivity index (χ2v) is 10.2. The maximum Gasteiger partial charge on any atom is 0.270 e. The Morgan fingerprint density at radius 2 is 1.73 bits per heavy atom. The molecule has 0 aliphatic carbocycles. The first kappa shape index (κ1) is 22.9. The number of fused-ring (bicyclic) bond motifs is 1. The molecule has 1 fully saturated rings. The van der Waals surface area contributed by atoms with Crippen LogP contribution in [0.4, 0.5) is 5.69 Å². The second-order valence-electron chi connectivity index (χ2n) is 8.31. The molecule has 1 aliphatic rings. The minimum Gasteiger partial charge on any atom is -0.464 e. The minimum absolute atomic E-state index is 0.0768. The van der Waals surface area contributed by atoms with Crippen molar-refractivity contribution in [2.45, 2.75) is 32.1 Å². The first-order chi connectivity index (χ1) is 15.6. The van der Waals surface area contributed by atoms with Gasteiger partial charge in [0, 0.05) is 49.3 Å². The molecule has 9 nitrogen and oxygen atoms in total. The zero-order chi connectivity index (χ0) is 23.9. The maximum atomic E-state index is 13.1. The van der Waals surface area contributed by atoms with E-state index in [1.165, 1.54) is 16.4 Å². The summed E-state index contributed by atoms with van der Waals surface area (Å²) in [6, 6.07) is 7.77. The van der Waals surface area contributed by atoms with E-state index >= 15 is 0 Å². The van der Waals surface area contributed by atoms with Crippen LogP contribution < -0.4 is 0 Å². The highest BCUT2D eigenvalue weighted by molar-refractivity contribution is 7.89. The lowest BCUT2D eigenvalue weighted by Gasteiger charge is -2.34. The quantitative estimate of drug-likeness (QED) is 0.416. The number of nitro benzene ring substituents is 1. The molecule has 1 aromatic heterocycles. The van der Waals surface area contributed by atoms with E-state index in [4.69, 9.17) is 4.42 Å². The Bertz CT molecular complexity index is 1350. The van der Waals surface area contributed by atoms with Crippen LogP contribution in [0, 0.1) is 30.9 Å². The van der Waals surface area contributed by atoms with Crippen molar-refractivity contribution in [2.75, 3.05) is 26.2 Å². The lowest BCUT2D eigenvalue weighted by atomic mass is 10.0. The fourth-order valence-electron chi connectivity index (χ4n) is 4.10. The number of hydrogen-bond acceptors (Lipinski definition) is 6. The maximum absolute atomic E-state index is 13.1. The van der Waals surface area contributed by atoms with Gasteiger partial charge in [0.05, 0.1) is 22.5 Å². The van der Waals surface area contributed by atoms with Gasteiger partial charge in [-0.25, -0.2) is 8.42 Å². The van der Waals surface area contributed by atoms with Crippen LogP contribution in [0.2, 0.25) is 0 Å². The third-order valence-corrected chi connectivity index (χ3v) is 8.32. The number of benzene rings is 2. The number of aryl methyl sites for hydroxylation is 3. The molecule has 174 valence electrons. The van der Waals surface area contributed by atoms with Gasteiger partial charge in [-0.3, -0.25) is 14.9 Å². The molecule has 0 unspecified atom stereocenters. The van der Waals surface area contributed by atoms with Crippen LogP contribution in [0.25, 0.3) is 11.0 Å². The van der Waals surface area contributed by atoms with Crippen molar-refractivity contribution in [3.8, 4) is 0 Å². The highest BCUT2D eigenvalue weighted by Crippen LogP contribution is 2.28. The van der Waals surface area contributed by atoms with E-state index in [0.29, 0.717) is 5.56 Å². The monoisotopic (exact) mass is 471 g/mol. The van der Waals surface area contributed by atoms with Crippen LogP contribution in [-0.2, 0) is 21.2 Å². The molecule has 4 rings (SSSR count). The van der Waals surface area contributed by atoms with Crippen molar-refractivity contribution < 1.29 is 22.6 Å². The smallest absolute Gasteiger partial charge is 0.270 e. The van der Waals surface area contributed by atoms with Gasteiger partial charge in [-0.2, -0.15) is 4.31 Å². The normalized spacial score (nSPS) is 15.2. The van der Waals surface area contributed by atoms with Crippen molar-refractivity contribution in [3.05, 3.63) is 69.0 Å². The Labute approximate surface area is 191 Å². The van der Waals surface area contributed by atoms with Crippen LogP contribution in [0.1, 0.15) is 22.3 Å². The second kappa shape index (κ2) is 8.60. The van der Waals surface area contributed by atoms with Gasteiger partial charge in [-0.05, 0) is 37.5 Å². The summed E-state index contributed by atoms with van der Waals surface area (Å²) in [5.74, 6) is -0.0977. The molecule has 10 heteroatoms. The predicted octanol–water partition coefficient (Wildman–Crippen LogP) is 3.34. The number of sulfonamides is 1. The molecule has 0 N–H and O–H groups in total. The Morgan fingerprint density at radius 1 is 1.06 bits per heavy atom. The van der Waals surface area contributed by atoms with Crippen molar-refractivity contribution in [3.63, 3.8) is 0 Å². The summed E-state index contributed by atoms with van der Waals surface area (Å²) in [5, 5.41) is 12.0. The fraction of sp³-hybridized carbons (Fsp3) is 0.348. The van der Waals surface area contributed by atoms with Crippen LogP contribution in [-0.4, -0.2) is 54.6 Å². The average molecular weight is 472 g/mol. The van der Waals surface area contributed by atoms with Gasteiger partial charge in [0.25, 0.3) is 5.69 Å². The number of nitro groups is 1.